The molecule has 0 saturated carbocycles. The molecule has 96 valence electrons. The number of aliphatic carboxylic acids is 1. The van der Waals surface area contributed by atoms with Gasteiger partial charge in [0.15, 0.2) is 0 Å². The van der Waals surface area contributed by atoms with E-state index < -0.39 is 22.0 Å². The molecule has 1 unspecified atom stereocenters. The van der Waals surface area contributed by atoms with Gasteiger partial charge in [0, 0.05) is 10.9 Å². The second-order valence-corrected chi connectivity index (χ2v) is 6.80. The highest BCUT2D eigenvalue weighted by molar-refractivity contribution is 7.91. The Morgan fingerprint density at radius 2 is 2.18 bits per heavy atom. The third-order valence-corrected chi connectivity index (χ3v) is 5.40. The summed E-state index contributed by atoms with van der Waals surface area (Å²) in [4.78, 5) is 11.4. The summed E-state index contributed by atoms with van der Waals surface area (Å²) in [6.07, 6.45) is 0.552. The lowest BCUT2D eigenvalue weighted by atomic mass is 10.3. The molecule has 0 aliphatic rings. The highest BCUT2D eigenvalue weighted by Gasteiger charge is 2.20. The summed E-state index contributed by atoms with van der Waals surface area (Å²) >= 11 is 1.20. The van der Waals surface area contributed by atoms with E-state index in [1.807, 2.05) is 6.92 Å². The maximum Gasteiger partial charge on any atom is 0.304 e. The lowest BCUT2D eigenvalue weighted by molar-refractivity contribution is -0.137. The Kier molecular flexibility index (Phi) is 4.67. The molecule has 0 spiro atoms. The summed E-state index contributed by atoms with van der Waals surface area (Å²) < 4.78 is 26.3. The Balaban J connectivity index is 2.78. The monoisotopic (exact) mass is 277 g/mol. The van der Waals surface area contributed by atoms with Crippen LogP contribution in [0.5, 0.6) is 0 Å². The quantitative estimate of drug-likeness (QED) is 0.824. The maximum absolute atomic E-state index is 11.9. The minimum Gasteiger partial charge on any atom is -0.481 e. The summed E-state index contributed by atoms with van der Waals surface area (Å²) in [7, 11) is -3.59. The Bertz CT molecular complexity index is 492. The van der Waals surface area contributed by atoms with Crippen molar-refractivity contribution in [3.8, 4) is 0 Å². The van der Waals surface area contributed by atoms with Crippen molar-refractivity contribution in [1.29, 1.82) is 0 Å². The van der Waals surface area contributed by atoms with Gasteiger partial charge >= 0.3 is 5.97 Å². The van der Waals surface area contributed by atoms with Crippen LogP contribution in [0.25, 0.3) is 0 Å². The SMILES string of the molecule is CCc1ccc(S(=O)(=O)NC(C)CC(=O)O)s1. The second-order valence-electron chi connectivity index (χ2n) is 3.69. The first-order valence-electron chi connectivity index (χ1n) is 5.18. The number of carbonyl (C=O) groups is 1. The van der Waals surface area contributed by atoms with Crippen LogP contribution in [0.1, 0.15) is 25.1 Å². The van der Waals surface area contributed by atoms with Crippen LogP contribution in [-0.2, 0) is 21.2 Å². The van der Waals surface area contributed by atoms with E-state index in [2.05, 4.69) is 4.72 Å². The van der Waals surface area contributed by atoms with Gasteiger partial charge in [0.25, 0.3) is 0 Å². The van der Waals surface area contributed by atoms with Crippen LogP contribution in [0.2, 0.25) is 0 Å². The predicted molar refractivity (Wildman–Crippen MR) is 65.7 cm³/mol. The van der Waals surface area contributed by atoms with E-state index in [1.54, 1.807) is 12.1 Å². The predicted octanol–water partition coefficient (Wildman–Crippen LogP) is 1.45. The zero-order chi connectivity index (χ0) is 13.1. The van der Waals surface area contributed by atoms with Crippen molar-refractivity contribution in [3.63, 3.8) is 0 Å². The maximum atomic E-state index is 11.9. The summed E-state index contributed by atoms with van der Waals surface area (Å²) in [6, 6.07) is 2.69. The van der Waals surface area contributed by atoms with Crippen molar-refractivity contribution in [1.82, 2.24) is 4.72 Å². The minimum absolute atomic E-state index is 0.228. The Labute approximate surface area is 105 Å². The first-order chi connectivity index (χ1) is 7.85. The van der Waals surface area contributed by atoms with Crippen molar-refractivity contribution < 1.29 is 18.3 Å². The lowest BCUT2D eigenvalue weighted by Crippen LogP contribution is -2.33. The van der Waals surface area contributed by atoms with Crippen molar-refractivity contribution in [2.24, 2.45) is 0 Å². The molecule has 0 radical (unpaired) electrons. The molecule has 17 heavy (non-hydrogen) atoms. The standard InChI is InChI=1S/C10H15NO4S2/c1-3-8-4-5-10(16-8)17(14,15)11-7(2)6-9(12)13/h4-5,7,11H,3,6H2,1-2H3,(H,12,13). The van der Waals surface area contributed by atoms with Gasteiger partial charge in [-0.25, -0.2) is 13.1 Å². The van der Waals surface area contributed by atoms with E-state index in [-0.39, 0.29) is 10.6 Å². The molecule has 0 aromatic carbocycles. The highest BCUT2D eigenvalue weighted by Crippen LogP contribution is 2.22. The Morgan fingerprint density at radius 1 is 1.53 bits per heavy atom. The van der Waals surface area contributed by atoms with Crippen LogP contribution in [0.3, 0.4) is 0 Å². The summed E-state index contributed by atoms with van der Waals surface area (Å²) in [5.41, 5.74) is 0. The average Bonchev–Trinajstić information content (AvgIpc) is 2.63. The molecule has 5 nitrogen and oxygen atoms in total. The van der Waals surface area contributed by atoms with Crippen LogP contribution in [-0.4, -0.2) is 25.5 Å². The number of thiophene rings is 1. The Morgan fingerprint density at radius 3 is 2.65 bits per heavy atom. The molecule has 1 atom stereocenters. The molecule has 1 rings (SSSR count). The van der Waals surface area contributed by atoms with Gasteiger partial charge in [-0.3, -0.25) is 4.79 Å². The van der Waals surface area contributed by atoms with Gasteiger partial charge in [0.05, 0.1) is 6.42 Å². The molecule has 0 aliphatic carbocycles. The molecule has 0 bridgehead atoms. The summed E-state index contributed by atoms with van der Waals surface area (Å²) in [5, 5.41) is 8.56. The summed E-state index contributed by atoms with van der Waals surface area (Å²) in [5.74, 6) is -1.03. The fraction of sp³-hybridized carbons (Fsp3) is 0.500. The van der Waals surface area contributed by atoms with Crippen LogP contribution in [0.15, 0.2) is 16.3 Å². The van der Waals surface area contributed by atoms with Gasteiger partial charge in [0.2, 0.25) is 10.0 Å². The van der Waals surface area contributed by atoms with E-state index in [1.165, 1.54) is 18.3 Å². The smallest absolute Gasteiger partial charge is 0.304 e. The Hall–Kier alpha value is -0.920. The number of hydrogen-bond acceptors (Lipinski definition) is 4. The van der Waals surface area contributed by atoms with Crippen molar-refractivity contribution in [2.45, 2.75) is 36.9 Å². The van der Waals surface area contributed by atoms with Crippen molar-refractivity contribution >= 4 is 27.3 Å². The first kappa shape index (κ1) is 14.1. The second kappa shape index (κ2) is 5.61. The largest absolute Gasteiger partial charge is 0.481 e. The lowest BCUT2D eigenvalue weighted by Gasteiger charge is -2.10. The molecular formula is C10H15NO4S2. The third-order valence-electron chi connectivity index (χ3n) is 2.09. The van der Waals surface area contributed by atoms with Gasteiger partial charge < -0.3 is 5.11 Å². The number of sulfonamides is 1. The van der Waals surface area contributed by atoms with Crippen LogP contribution in [0, 0.1) is 0 Å². The highest BCUT2D eigenvalue weighted by atomic mass is 32.2. The third kappa shape index (κ3) is 4.10. The molecule has 1 aromatic rings. The van der Waals surface area contributed by atoms with Gasteiger partial charge in [-0.15, -0.1) is 11.3 Å². The molecule has 1 aromatic heterocycles. The normalized spacial score (nSPS) is 13.5. The average molecular weight is 277 g/mol. The fourth-order valence-corrected chi connectivity index (χ4v) is 3.87. The molecule has 0 aliphatic heterocycles. The molecule has 7 heteroatoms. The topological polar surface area (TPSA) is 83.5 Å². The van der Waals surface area contributed by atoms with Crippen molar-refractivity contribution in [3.05, 3.63) is 17.0 Å². The van der Waals surface area contributed by atoms with E-state index in [0.717, 1.165) is 11.3 Å². The molecule has 1 heterocycles. The summed E-state index contributed by atoms with van der Waals surface area (Å²) in [6.45, 7) is 3.47. The molecular weight excluding hydrogens is 262 g/mol. The van der Waals surface area contributed by atoms with Crippen LogP contribution >= 0.6 is 11.3 Å². The van der Waals surface area contributed by atoms with E-state index in [4.69, 9.17) is 5.11 Å². The number of nitrogens with one attached hydrogen (secondary N) is 1. The number of aryl methyl sites for hydroxylation is 1. The van der Waals surface area contributed by atoms with Crippen LogP contribution in [0.4, 0.5) is 0 Å². The van der Waals surface area contributed by atoms with Crippen molar-refractivity contribution in [2.75, 3.05) is 0 Å². The number of rotatable bonds is 6. The molecule has 0 amide bonds. The van der Waals surface area contributed by atoms with E-state index in [9.17, 15) is 13.2 Å². The molecule has 0 fully saturated rings. The zero-order valence-corrected chi connectivity index (χ0v) is 11.3. The van der Waals surface area contributed by atoms with Gasteiger partial charge in [-0.2, -0.15) is 0 Å². The van der Waals surface area contributed by atoms with Crippen LogP contribution < -0.4 is 4.72 Å². The first-order valence-corrected chi connectivity index (χ1v) is 7.48. The van der Waals surface area contributed by atoms with E-state index in [0.29, 0.717) is 0 Å². The minimum atomic E-state index is -3.59. The van der Waals surface area contributed by atoms with Gasteiger partial charge in [0.1, 0.15) is 4.21 Å². The number of carboxylic acid groups (broad SMARTS) is 1. The van der Waals surface area contributed by atoms with Gasteiger partial charge in [-0.1, -0.05) is 6.92 Å². The van der Waals surface area contributed by atoms with Gasteiger partial charge in [-0.05, 0) is 25.5 Å². The number of hydrogen-bond donors (Lipinski definition) is 2. The fourth-order valence-electron chi connectivity index (χ4n) is 1.32. The number of carboxylic acids is 1. The molecule has 0 saturated heterocycles. The van der Waals surface area contributed by atoms with E-state index >= 15 is 0 Å². The molecule has 2 N–H and O–H groups in total. The zero-order valence-electron chi connectivity index (χ0n) is 9.63.